The summed E-state index contributed by atoms with van der Waals surface area (Å²) in [5, 5.41) is 13.8. The number of ether oxygens (including phenoxy) is 1. The van der Waals surface area contributed by atoms with Crippen molar-refractivity contribution in [2.75, 3.05) is 19.0 Å². The molecular weight excluding hydrogens is 336 g/mol. The summed E-state index contributed by atoms with van der Waals surface area (Å²) in [5.74, 6) is -1.10. The molecule has 0 aromatic heterocycles. The molecule has 2 aromatic rings. The number of carbonyl (C=O) groups excluding carboxylic acids is 2. The van der Waals surface area contributed by atoms with E-state index in [0.717, 1.165) is 22.8 Å². The Balaban J connectivity index is 2.15. The number of Topliss-reactive ketones (excluding diaryl/α,β-unsaturated/α-hetero) is 1. The van der Waals surface area contributed by atoms with Crippen LogP contribution in [-0.2, 0) is 4.74 Å². The van der Waals surface area contributed by atoms with Gasteiger partial charge in [-0.05, 0) is 44.0 Å². The number of rotatable bonds is 6. The summed E-state index contributed by atoms with van der Waals surface area (Å²) < 4.78 is 5.06. The van der Waals surface area contributed by atoms with Gasteiger partial charge in [0.2, 0.25) is 5.78 Å². The molecule has 0 bridgehead atoms. The first-order valence-electron chi connectivity index (χ1n) is 7.99. The Morgan fingerprint density at radius 3 is 2.27 bits per heavy atom. The number of nitrogens with zero attached hydrogens (tertiary/aromatic N) is 1. The van der Waals surface area contributed by atoms with Gasteiger partial charge in [-0.3, -0.25) is 14.9 Å². The Bertz CT molecular complexity index is 866. The molecule has 2 aromatic carbocycles. The van der Waals surface area contributed by atoms with Crippen LogP contribution in [0.1, 0.15) is 37.4 Å². The largest absolute Gasteiger partial charge is 0.454 e. The number of benzene rings is 2. The predicted molar refractivity (Wildman–Crippen MR) is 97.9 cm³/mol. The van der Waals surface area contributed by atoms with Gasteiger partial charge in [0.05, 0.1) is 10.5 Å². The number of nitro benzene ring substituents is 1. The third kappa shape index (κ3) is 4.05. The van der Waals surface area contributed by atoms with Crippen LogP contribution in [0.2, 0.25) is 0 Å². The van der Waals surface area contributed by atoms with Crippen molar-refractivity contribution in [3.63, 3.8) is 0 Å². The number of nitrogens with one attached hydrogen (secondary N) is 1. The fourth-order valence-electron chi connectivity index (χ4n) is 2.93. The van der Waals surface area contributed by atoms with Crippen molar-refractivity contribution in [3.05, 3.63) is 68.3 Å². The number of nitro groups is 1. The van der Waals surface area contributed by atoms with Gasteiger partial charge in [-0.15, -0.1) is 0 Å². The molecule has 26 heavy (non-hydrogen) atoms. The molecule has 0 aliphatic rings. The molecule has 0 fully saturated rings. The first kappa shape index (κ1) is 19.1. The minimum Gasteiger partial charge on any atom is -0.454 e. The van der Waals surface area contributed by atoms with Gasteiger partial charge in [0.1, 0.15) is 5.69 Å². The van der Waals surface area contributed by atoms with E-state index in [0.29, 0.717) is 5.56 Å². The maximum absolute atomic E-state index is 12.4. The highest BCUT2D eigenvalue weighted by Gasteiger charge is 2.19. The van der Waals surface area contributed by atoms with Gasteiger partial charge in [0.15, 0.2) is 6.61 Å². The van der Waals surface area contributed by atoms with Gasteiger partial charge in [-0.25, -0.2) is 4.79 Å². The first-order chi connectivity index (χ1) is 12.2. The SMILES string of the molecule is CNc1ccc(C(=O)OCC(=O)c2c(C)cc(C)cc2C)cc1[N+](=O)[O-]. The Morgan fingerprint density at radius 1 is 1.12 bits per heavy atom. The quantitative estimate of drug-likeness (QED) is 0.367. The van der Waals surface area contributed by atoms with Gasteiger partial charge in [-0.1, -0.05) is 17.7 Å². The van der Waals surface area contributed by atoms with Crippen LogP contribution in [0.25, 0.3) is 0 Å². The van der Waals surface area contributed by atoms with E-state index in [-0.39, 0.29) is 22.7 Å². The summed E-state index contributed by atoms with van der Waals surface area (Å²) in [6, 6.07) is 7.74. The van der Waals surface area contributed by atoms with Crippen molar-refractivity contribution in [2.24, 2.45) is 0 Å². The van der Waals surface area contributed by atoms with E-state index in [1.807, 2.05) is 32.9 Å². The fraction of sp³-hybridized carbons (Fsp3) is 0.263. The second-order valence-corrected chi connectivity index (χ2v) is 6.01. The number of aryl methyl sites for hydroxylation is 3. The van der Waals surface area contributed by atoms with E-state index in [1.54, 1.807) is 7.05 Å². The average molecular weight is 356 g/mol. The molecule has 2 rings (SSSR count). The minimum atomic E-state index is -0.786. The molecule has 0 amide bonds. The zero-order valence-corrected chi connectivity index (χ0v) is 15.1. The lowest BCUT2D eigenvalue weighted by Gasteiger charge is -2.11. The lowest BCUT2D eigenvalue weighted by molar-refractivity contribution is -0.384. The zero-order valence-electron chi connectivity index (χ0n) is 15.1. The third-order valence-electron chi connectivity index (χ3n) is 3.99. The second kappa shape index (κ2) is 7.77. The van der Waals surface area contributed by atoms with Crippen LogP contribution in [0.15, 0.2) is 30.3 Å². The molecule has 0 aliphatic carbocycles. The lowest BCUT2D eigenvalue weighted by atomic mass is 9.97. The highest BCUT2D eigenvalue weighted by Crippen LogP contribution is 2.25. The van der Waals surface area contributed by atoms with E-state index < -0.39 is 17.5 Å². The molecule has 0 heterocycles. The summed E-state index contributed by atoms with van der Waals surface area (Å²) in [6.07, 6.45) is 0. The summed E-state index contributed by atoms with van der Waals surface area (Å²) in [4.78, 5) is 35.1. The van der Waals surface area contributed by atoms with Crippen LogP contribution in [0.3, 0.4) is 0 Å². The van der Waals surface area contributed by atoms with Crippen molar-refractivity contribution in [3.8, 4) is 0 Å². The number of anilines is 1. The predicted octanol–water partition coefficient (Wildman–Crippen LogP) is 3.60. The number of hydrogen-bond donors (Lipinski definition) is 1. The van der Waals surface area contributed by atoms with Crippen LogP contribution in [0.4, 0.5) is 11.4 Å². The van der Waals surface area contributed by atoms with Crippen LogP contribution < -0.4 is 5.32 Å². The normalized spacial score (nSPS) is 10.3. The highest BCUT2D eigenvalue weighted by molar-refractivity contribution is 6.01. The molecule has 7 nitrogen and oxygen atoms in total. The molecule has 0 unspecified atom stereocenters. The fourth-order valence-corrected chi connectivity index (χ4v) is 2.93. The molecule has 7 heteroatoms. The monoisotopic (exact) mass is 356 g/mol. The van der Waals surface area contributed by atoms with Crippen molar-refractivity contribution in [2.45, 2.75) is 20.8 Å². The molecule has 0 aliphatic heterocycles. The van der Waals surface area contributed by atoms with E-state index in [4.69, 9.17) is 4.74 Å². The molecule has 0 saturated heterocycles. The molecule has 0 radical (unpaired) electrons. The van der Waals surface area contributed by atoms with Crippen LogP contribution in [-0.4, -0.2) is 30.3 Å². The van der Waals surface area contributed by atoms with Crippen LogP contribution >= 0.6 is 0 Å². The molecule has 0 atom stereocenters. The smallest absolute Gasteiger partial charge is 0.338 e. The third-order valence-corrected chi connectivity index (χ3v) is 3.99. The van der Waals surface area contributed by atoms with Crippen LogP contribution in [0.5, 0.6) is 0 Å². The summed E-state index contributed by atoms with van der Waals surface area (Å²) >= 11 is 0. The van der Waals surface area contributed by atoms with Crippen molar-refractivity contribution < 1.29 is 19.2 Å². The summed E-state index contributed by atoms with van der Waals surface area (Å²) in [5.41, 5.74) is 3.27. The molecule has 1 N–H and O–H groups in total. The maximum atomic E-state index is 12.4. The number of ketones is 1. The van der Waals surface area contributed by atoms with Gasteiger partial charge in [0.25, 0.3) is 5.69 Å². The minimum absolute atomic E-state index is 0.0147. The summed E-state index contributed by atoms with van der Waals surface area (Å²) in [7, 11) is 1.55. The topological polar surface area (TPSA) is 98.5 Å². The highest BCUT2D eigenvalue weighted by atomic mass is 16.6. The second-order valence-electron chi connectivity index (χ2n) is 6.01. The average Bonchev–Trinajstić information content (AvgIpc) is 2.58. The van der Waals surface area contributed by atoms with Gasteiger partial charge >= 0.3 is 5.97 Å². The number of carbonyl (C=O) groups is 2. The van der Waals surface area contributed by atoms with Gasteiger partial charge < -0.3 is 10.1 Å². The number of esters is 1. The standard InChI is InChI=1S/C19H20N2O5/c1-11-7-12(2)18(13(3)8-11)17(22)10-26-19(23)14-5-6-15(20-4)16(9-14)21(24)25/h5-9,20H,10H2,1-4H3. The van der Waals surface area contributed by atoms with Gasteiger partial charge in [0, 0.05) is 18.7 Å². The van der Waals surface area contributed by atoms with Gasteiger partial charge in [-0.2, -0.15) is 0 Å². The van der Waals surface area contributed by atoms with E-state index in [1.165, 1.54) is 12.1 Å². The Kier molecular flexibility index (Phi) is 5.71. The van der Waals surface area contributed by atoms with Crippen molar-refractivity contribution >= 4 is 23.1 Å². The molecular formula is C19H20N2O5. The van der Waals surface area contributed by atoms with E-state index >= 15 is 0 Å². The van der Waals surface area contributed by atoms with Crippen molar-refractivity contribution in [1.82, 2.24) is 0 Å². The maximum Gasteiger partial charge on any atom is 0.338 e. The first-order valence-corrected chi connectivity index (χ1v) is 7.99. The molecule has 0 saturated carbocycles. The Labute approximate surface area is 151 Å². The zero-order chi connectivity index (χ0) is 19.4. The van der Waals surface area contributed by atoms with E-state index in [9.17, 15) is 19.7 Å². The Hall–Kier alpha value is -3.22. The Morgan fingerprint density at radius 2 is 1.73 bits per heavy atom. The lowest BCUT2D eigenvalue weighted by Crippen LogP contribution is -2.16. The molecule has 0 spiro atoms. The summed E-state index contributed by atoms with van der Waals surface area (Å²) in [6.45, 7) is 5.17. The van der Waals surface area contributed by atoms with Crippen LogP contribution in [0, 0.1) is 30.9 Å². The van der Waals surface area contributed by atoms with Crippen molar-refractivity contribution in [1.29, 1.82) is 0 Å². The van der Waals surface area contributed by atoms with E-state index in [2.05, 4.69) is 5.32 Å². The molecule has 136 valence electrons. The number of hydrogen-bond acceptors (Lipinski definition) is 6.